The number of hydrogen-bond acceptors (Lipinski definition) is 5. The molecule has 0 radical (unpaired) electrons. The van der Waals surface area contributed by atoms with E-state index >= 15 is 0 Å². The molecule has 0 saturated carbocycles. The number of primary amides is 1. The summed E-state index contributed by atoms with van der Waals surface area (Å²) in [5, 5.41) is 10.4. The lowest BCUT2D eigenvalue weighted by Crippen LogP contribution is -2.16. The fraction of sp³-hybridized carbons (Fsp3) is 0. The van der Waals surface area contributed by atoms with Gasteiger partial charge < -0.3 is 11.5 Å². The molecule has 1 aromatic rings. The van der Waals surface area contributed by atoms with Crippen molar-refractivity contribution in [3.05, 3.63) is 27.9 Å². The van der Waals surface area contributed by atoms with Gasteiger partial charge in [0.05, 0.1) is 4.92 Å². The van der Waals surface area contributed by atoms with Crippen LogP contribution < -0.4 is 11.5 Å². The van der Waals surface area contributed by atoms with Gasteiger partial charge in [0.25, 0.3) is 11.6 Å². The van der Waals surface area contributed by atoms with E-state index in [9.17, 15) is 14.9 Å². The Bertz CT molecular complexity index is 376. The summed E-state index contributed by atoms with van der Waals surface area (Å²) in [6.45, 7) is 0. The Morgan fingerprint density at radius 3 is 2.62 bits per heavy atom. The summed E-state index contributed by atoms with van der Waals surface area (Å²) in [5.74, 6) is -1.20. The highest BCUT2D eigenvalue weighted by Gasteiger charge is 2.21. The van der Waals surface area contributed by atoms with Crippen molar-refractivity contribution in [3.8, 4) is 0 Å². The number of pyridine rings is 1. The molecule has 4 N–H and O–H groups in total. The van der Waals surface area contributed by atoms with E-state index in [0.717, 1.165) is 12.3 Å². The Kier molecular flexibility index (Phi) is 2.09. The summed E-state index contributed by atoms with van der Waals surface area (Å²) in [7, 11) is 0. The number of carbonyl (C=O) groups is 1. The van der Waals surface area contributed by atoms with Gasteiger partial charge in [0.15, 0.2) is 5.56 Å². The second-order valence-electron chi connectivity index (χ2n) is 2.21. The molecule has 68 valence electrons. The van der Waals surface area contributed by atoms with Crippen LogP contribution in [-0.4, -0.2) is 15.8 Å². The molecule has 7 heteroatoms. The molecule has 0 atom stereocenters. The number of amides is 1. The second-order valence-corrected chi connectivity index (χ2v) is 2.21. The molecule has 0 fully saturated rings. The van der Waals surface area contributed by atoms with Gasteiger partial charge in [-0.05, 0) is 0 Å². The van der Waals surface area contributed by atoms with E-state index in [1.165, 1.54) is 0 Å². The maximum absolute atomic E-state index is 10.7. The minimum absolute atomic E-state index is 0.235. The number of carbonyl (C=O) groups excluding carboxylic acids is 1. The van der Waals surface area contributed by atoms with Gasteiger partial charge in [0.1, 0.15) is 5.82 Å². The molecule has 0 unspecified atom stereocenters. The van der Waals surface area contributed by atoms with Crippen LogP contribution in [0.15, 0.2) is 12.3 Å². The predicted molar refractivity (Wildman–Crippen MR) is 43.8 cm³/mol. The third kappa shape index (κ3) is 1.53. The highest BCUT2D eigenvalue weighted by atomic mass is 16.6. The van der Waals surface area contributed by atoms with E-state index in [1.54, 1.807) is 0 Å². The van der Waals surface area contributed by atoms with E-state index < -0.39 is 16.5 Å². The third-order valence-electron chi connectivity index (χ3n) is 1.40. The van der Waals surface area contributed by atoms with Crippen LogP contribution in [0, 0.1) is 10.1 Å². The average Bonchev–Trinajstić information content (AvgIpc) is 2.02. The molecule has 13 heavy (non-hydrogen) atoms. The van der Waals surface area contributed by atoms with Gasteiger partial charge in [-0.15, -0.1) is 0 Å². The molecule has 0 bridgehead atoms. The summed E-state index contributed by atoms with van der Waals surface area (Å²) >= 11 is 0. The van der Waals surface area contributed by atoms with Crippen LogP contribution in [0.25, 0.3) is 0 Å². The summed E-state index contributed by atoms with van der Waals surface area (Å²) < 4.78 is 0. The molecular weight excluding hydrogens is 176 g/mol. The smallest absolute Gasteiger partial charge is 0.287 e. The number of nitro groups is 1. The second kappa shape index (κ2) is 3.05. The Hall–Kier alpha value is -2.18. The van der Waals surface area contributed by atoms with Gasteiger partial charge in [-0.2, -0.15) is 0 Å². The molecule has 0 aliphatic carbocycles. The highest BCUT2D eigenvalue weighted by Crippen LogP contribution is 2.20. The molecule has 1 aromatic heterocycles. The Balaban J connectivity index is 3.43. The first kappa shape index (κ1) is 8.91. The van der Waals surface area contributed by atoms with E-state index in [0.29, 0.717) is 0 Å². The fourth-order valence-electron chi connectivity index (χ4n) is 0.872. The lowest BCUT2D eigenvalue weighted by Gasteiger charge is -2.00. The van der Waals surface area contributed by atoms with Crippen LogP contribution in [0.3, 0.4) is 0 Å². The van der Waals surface area contributed by atoms with Crippen LogP contribution in [0.1, 0.15) is 10.4 Å². The van der Waals surface area contributed by atoms with Crippen LogP contribution in [0.5, 0.6) is 0 Å². The highest BCUT2D eigenvalue weighted by molar-refractivity contribution is 6.01. The molecule has 0 aromatic carbocycles. The summed E-state index contributed by atoms with van der Waals surface area (Å²) in [6.07, 6.45) is 1.14. The van der Waals surface area contributed by atoms with Crippen molar-refractivity contribution in [1.82, 2.24) is 4.98 Å². The maximum Gasteiger partial charge on any atom is 0.287 e. The largest absolute Gasteiger partial charge is 0.383 e. The van der Waals surface area contributed by atoms with E-state index in [1.807, 2.05) is 0 Å². The number of aromatic nitrogens is 1. The Morgan fingerprint density at radius 2 is 2.23 bits per heavy atom. The van der Waals surface area contributed by atoms with Crippen molar-refractivity contribution in [2.24, 2.45) is 5.73 Å². The molecule has 1 rings (SSSR count). The first-order chi connectivity index (χ1) is 6.04. The summed E-state index contributed by atoms with van der Waals surface area (Å²) in [5.41, 5.74) is 9.35. The minimum Gasteiger partial charge on any atom is -0.383 e. The lowest BCUT2D eigenvalue weighted by atomic mass is 10.2. The van der Waals surface area contributed by atoms with Crippen molar-refractivity contribution in [1.29, 1.82) is 0 Å². The van der Waals surface area contributed by atoms with Crippen molar-refractivity contribution in [3.63, 3.8) is 0 Å². The van der Waals surface area contributed by atoms with Crippen molar-refractivity contribution >= 4 is 17.4 Å². The zero-order chi connectivity index (χ0) is 10.0. The van der Waals surface area contributed by atoms with Crippen LogP contribution in [0.2, 0.25) is 0 Å². The van der Waals surface area contributed by atoms with Crippen molar-refractivity contribution in [2.45, 2.75) is 0 Å². The van der Waals surface area contributed by atoms with Gasteiger partial charge in [0.2, 0.25) is 0 Å². The number of nitrogens with two attached hydrogens (primary N) is 2. The summed E-state index contributed by atoms with van der Waals surface area (Å²) in [4.78, 5) is 23.9. The summed E-state index contributed by atoms with van der Waals surface area (Å²) in [6, 6.07) is 1.07. The van der Waals surface area contributed by atoms with Crippen LogP contribution in [-0.2, 0) is 0 Å². The van der Waals surface area contributed by atoms with Crippen molar-refractivity contribution < 1.29 is 9.72 Å². The molecule has 0 aliphatic rings. The number of hydrogen-bond donors (Lipinski definition) is 2. The first-order valence-corrected chi connectivity index (χ1v) is 3.22. The molecule has 7 nitrogen and oxygen atoms in total. The zero-order valence-corrected chi connectivity index (χ0v) is 6.43. The monoisotopic (exact) mass is 182 g/mol. The van der Waals surface area contributed by atoms with Gasteiger partial charge in [-0.25, -0.2) is 4.98 Å². The number of anilines is 1. The minimum atomic E-state index is -0.961. The first-order valence-electron chi connectivity index (χ1n) is 3.22. The molecule has 0 spiro atoms. The molecule has 0 aliphatic heterocycles. The SMILES string of the molecule is NC(=O)c1c([N+](=O)[O-])ccnc1N. The average molecular weight is 182 g/mol. The quantitative estimate of drug-likeness (QED) is 0.478. The zero-order valence-electron chi connectivity index (χ0n) is 6.43. The standard InChI is InChI=1S/C6H6N4O3/c7-5-4(6(8)11)3(10(12)13)1-2-9-5/h1-2H,(H2,7,9)(H2,8,11). The van der Waals surface area contributed by atoms with E-state index in [-0.39, 0.29) is 11.4 Å². The van der Waals surface area contributed by atoms with Gasteiger partial charge in [-0.1, -0.05) is 0 Å². The number of nitrogens with zero attached hydrogens (tertiary/aromatic N) is 2. The van der Waals surface area contributed by atoms with Crippen LogP contribution >= 0.6 is 0 Å². The normalized spacial score (nSPS) is 9.54. The van der Waals surface area contributed by atoms with E-state index in [2.05, 4.69) is 4.98 Å². The van der Waals surface area contributed by atoms with Crippen molar-refractivity contribution in [2.75, 3.05) is 5.73 Å². The topological polar surface area (TPSA) is 125 Å². The van der Waals surface area contributed by atoms with E-state index in [4.69, 9.17) is 11.5 Å². The number of nitrogen functional groups attached to an aromatic ring is 1. The number of rotatable bonds is 2. The molecule has 1 amide bonds. The Morgan fingerprint density at radius 1 is 1.62 bits per heavy atom. The Labute approximate surface area is 72.5 Å². The predicted octanol–water partition coefficient (Wildman–Crippen LogP) is -0.329. The molecule has 1 heterocycles. The third-order valence-corrected chi connectivity index (χ3v) is 1.40. The van der Waals surface area contributed by atoms with Gasteiger partial charge in [-0.3, -0.25) is 14.9 Å². The molecular formula is C6H6N4O3. The fourth-order valence-corrected chi connectivity index (χ4v) is 0.872. The maximum atomic E-state index is 10.7. The van der Waals surface area contributed by atoms with Gasteiger partial charge >= 0.3 is 0 Å². The molecule has 0 saturated heterocycles. The van der Waals surface area contributed by atoms with Crippen LogP contribution in [0.4, 0.5) is 11.5 Å². The lowest BCUT2D eigenvalue weighted by molar-refractivity contribution is -0.385. The van der Waals surface area contributed by atoms with Gasteiger partial charge in [0, 0.05) is 12.3 Å².